The number of nitrogens with zero attached hydrogens (tertiary/aromatic N) is 5. The van der Waals surface area contributed by atoms with Gasteiger partial charge in [-0.3, -0.25) is 4.79 Å². The Morgan fingerprint density at radius 3 is 2.90 bits per heavy atom. The molecule has 156 valence electrons. The van der Waals surface area contributed by atoms with Gasteiger partial charge < -0.3 is 19.6 Å². The van der Waals surface area contributed by atoms with Gasteiger partial charge in [-0.15, -0.1) is 0 Å². The summed E-state index contributed by atoms with van der Waals surface area (Å²) in [7, 11) is 0. The van der Waals surface area contributed by atoms with E-state index >= 15 is 0 Å². The van der Waals surface area contributed by atoms with Crippen molar-refractivity contribution in [2.24, 2.45) is 0 Å². The van der Waals surface area contributed by atoms with Crippen molar-refractivity contribution < 1.29 is 13.7 Å². The molecule has 0 saturated carbocycles. The van der Waals surface area contributed by atoms with Crippen molar-refractivity contribution in [2.45, 2.75) is 31.6 Å². The Morgan fingerprint density at radius 1 is 1.30 bits per heavy atom. The minimum Gasteiger partial charge on any atom is -0.461 e. The molecule has 0 aromatic carbocycles. The molecule has 0 aliphatic carbocycles. The van der Waals surface area contributed by atoms with E-state index < -0.39 is 0 Å². The van der Waals surface area contributed by atoms with Crippen molar-refractivity contribution in [2.75, 3.05) is 18.1 Å². The smallest absolute Gasteiger partial charge is 0.273 e. The molecule has 0 unspecified atom stereocenters. The lowest BCUT2D eigenvalue weighted by Crippen LogP contribution is -2.27. The maximum atomic E-state index is 12.4. The third kappa shape index (κ3) is 4.15. The van der Waals surface area contributed by atoms with Crippen LogP contribution in [0.15, 0.2) is 44.8 Å². The van der Waals surface area contributed by atoms with Gasteiger partial charge in [0.15, 0.2) is 22.3 Å². The molecular weight excluding hydrogens is 406 g/mol. The van der Waals surface area contributed by atoms with Crippen LogP contribution < -0.4 is 10.6 Å². The number of hydrogen-bond donors (Lipinski definition) is 2. The standard InChI is InChI=1S/C19H21N7O3S/c1-11(2)22-16-12-10-21-26(17(12)24-19(23-16)30-3)7-6-20-18(27)13-9-15(29-25-13)14-5-4-8-28-14/h4-5,8-11H,6-7H2,1-3H3,(H,20,27)(H,22,23,24). The van der Waals surface area contributed by atoms with E-state index in [4.69, 9.17) is 8.94 Å². The summed E-state index contributed by atoms with van der Waals surface area (Å²) in [5.74, 6) is 1.33. The van der Waals surface area contributed by atoms with Gasteiger partial charge in [0.05, 0.1) is 24.4 Å². The van der Waals surface area contributed by atoms with Crippen LogP contribution in [0.25, 0.3) is 22.6 Å². The molecule has 10 nitrogen and oxygen atoms in total. The first-order valence-corrected chi connectivity index (χ1v) is 10.6. The molecule has 2 N–H and O–H groups in total. The summed E-state index contributed by atoms with van der Waals surface area (Å²) in [5, 5.41) is 15.9. The van der Waals surface area contributed by atoms with Crippen molar-refractivity contribution in [3.8, 4) is 11.5 Å². The van der Waals surface area contributed by atoms with Gasteiger partial charge in [-0.25, -0.2) is 14.6 Å². The number of fused-ring (bicyclic) bond motifs is 1. The minimum absolute atomic E-state index is 0.183. The van der Waals surface area contributed by atoms with Gasteiger partial charge in [0.25, 0.3) is 5.91 Å². The Balaban J connectivity index is 1.44. The van der Waals surface area contributed by atoms with Crippen molar-refractivity contribution in [3.63, 3.8) is 0 Å². The van der Waals surface area contributed by atoms with Gasteiger partial charge in [-0.2, -0.15) is 5.10 Å². The molecule has 0 spiro atoms. The molecule has 30 heavy (non-hydrogen) atoms. The molecular formula is C19H21N7O3S. The first kappa shape index (κ1) is 20.0. The molecule has 0 fully saturated rings. The zero-order valence-corrected chi connectivity index (χ0v) is 17.6. The Kier molecular flexibility index (Phi) is 5.70. The number of nitrogens with one attached hydrogen (secondary N) is 2. The maximum absolute atomic E-state index is 12.4. The highest BCUT2D eigenvalue weighted by molar-refractivity contribution is 7.98. The molecule has 4 rings (SSSR count). The summed E-state index contributed by atoms with van der Waals surface area (Å²) in [6.45, 7) is 4.90. The lowest BCUT2D eigenvalue weighted by molar-refractivity contribution is 0.0943. The molecule has 4 aromatic rings. The fourth-order valence-electron chi connectivity index (χ4n) is 2.86. The minimum atomic E-state index is -0.338. The van der Waals surface area contributed by atoms with Crippen LogP contribution in [-0.4, -0.2) is 49.7 Å². The fourth-order valence-corrected chi connectivity index (χ4v) is 3.22. The average Bonchev–Trinajstić information content (AvgIpc) is 3.47. The third-order valence-corrected chi connectivity index (χ3v) is 4.75. The first-order valence-electron chi connectivity index (χ1n) is 9.38. The topological polar surface area (TPSA) is 124 Å². The molecule has 4 aromatic heterocycles. The third-order valence-electron chi connectivity index (χ3n) is 4.20. The predicted octanol–water partition coefficient (Wildman–Crippen LogP) is 3.05. The largest absolute Gasteiger partial charge is 0.461 e. The maximum Gasteiger partial charge on any atom is 0.273 e. The number of hydrogen-bond acceptors (Lipinski definition) is 9. The quantitative estimate of drug-likeness (QED) is 0.322. The van der Waals surface area contributed by atoms with E-state index in [2.05, 4.69) is 30.9 Å². The van der Waals surface area contributed by atoms with Crippen molar-refractivity contribution in [1.29, 1.82) is 0 Å². The zero-order chi connectivity index (χ0) is 21.1. The van der Waals surface area contributed by atoms with Gasteiger partial charge >= 0.3 is 0 Å². The number of amides is 1. The van der Waals surface area contributed by atoms with E-state index in [1.54, 1.807) is 29.1 Å². The second-order valence-corrected chi connectivity index (χ2v) is 7.55. The molecule has 0 aliphatic heterocycles. The summed E-state index contributed by atoms with van der Waals surface area (Å²) < 4.78 is 12.2. The molecule has 1 amide bonds. The number of anilines is 1. The second-order valence-electron chi connectivity index (χ2n) is 6.77. The van der Waals surface area contributed by atoms with E-state index in [-0.39, 0.29) is 17.6 Å². The number of rotatable bonds is 8. The number of carbonyl (C=O) groups excluding carboxylic acids is 1. The van der Waals surface area contributed by atoms with Crippen LogP contribution in [0.3, 0.4) is 0 Å². The molecule has 11 heteroatoms. The van der Waals surface area contributed by atoms with Gasteiger partial charge in [0.1, 0.15) is 5.82 Å². The average molecular weight is 427 g/mol. The highest BCUT2D eigenvalue weighted by Gasteiger charge is 2.16. The summed E-state index contributed by atoms with van der Waals surface area (Å²) >= 11 is 1.46. The number of carbonyl (C=O) groups is 1. The van der Waals surface area contributed by atoms with E-state index in [0.29, 0.717) is 35.4 Å². The molecule has 0 radical (unpaired) electrons. The Morgan fingerprint density at radius 2 is 2.17 bits per heavy atom. The summed E-state index contributed by atoms with van der Waals surface area (Å²) in [5.41, 5.74) is 0.899. The highest BCUT2D eigenvalue weighted by atomic mass is 32.2. The van der Waals surface area contributed by atoms with E-state index in [1.807, 2.05) is 20.1 Å². The summed E-state index contributed by atoms with van der Waals surface area (Å²) in [4.78, 5) is 21.5. The molecule has 0 atom stereocenters. The van der Waals surface area contributed by atoms with Crippen molar-refractivity contribution in [1.82, 2.24) is 30.2 Å². The lowest BCUT2D eigenvalue weighted by atomic mass is 10.3. The Hall–Kier alpha value is -3.34. The SMILES string of the molecule is CSc1nc(NC(C)C)c2cnn(CCNC(=O)c3cc(-c4ccco4)on3)c2n1. The number of aromatic nitrogens is 5. The van der Waals surface area contributed by atoms with Crippen LogP contribution in [0.1, 0.15) is 24.3 Å². The normalized spacial score (nSPS) is 11.3. The lowest BCUT2D eigenvalue weighted by Gasteiger charge is -2.11. The van der Waals surface area contributed by atoms with Crippen LogP contribution in [0, 0.1) is 0 Å². The van der Waals surface area contributed by atoms with E-state index in [9.17, 15) is 4.79 Å². The Bertz CT molecular complexity index is 1150. The second kappa shape index (κ2) is 8.57. The van der Waals surface area contributed by atoms with Crippen LogP contribution in [0.5, 0.6) is 0 Å². The van der Waals surface area contributed by atoms with Crippen molar-refractivity contribution >= 4 is 34.5 Å². The summed E-state index contributed by atoms with van der Waals surface area (Å²) in [6, 6.07) is 5.24. The van der Waals surface area contributed by atoms with Gasteiger partial charge in [-0.1, -0.05) is 16.9 Å². The first-order chi connectivity index (χ1) is 14.5. The molecule has 0 saturated heterocycles. The monoisotopic (exact) mass is 427 g/mol. The number of thioether (sulfide) groups is 1. The van der Waals surface area contributed by atoms with Crippen LogP contribution in [-0.2, 0) is 6.54 Å². The van der Waals surface area contributed by atoms with E-state index in [0.717, 1.165) is 11.2 Å². The van der Waals surface area contributed by atoms with Gasteiger partial charge in [0, 0.05) is 18.7 Å². The van der Waals surface area contributed by atoms with Crippen molar-refractivity contribution in [3.05, 3.63) is 36.4 Å². The molecule has 0 aliphatic rings. The van der Waals surface area contributed by atoms with Crippen LogP contribution in [0.4, 0.5) is 5.82 Å². The predicted molar refractivity (Wildman–Crippen MR) is 112 cm³/mol. The van der Waals surface area contributed by atoms with Gasteiger partial charge in [0.2, 0.25) is 5.76 Å². The zero-order valence-electron chi connectivity index (χ0n) is 16.7. The van der Waals surface area contributed by atoms with E-state index in [1.165, 1.54) is 18.0 Å². The molecule has 0 bridgehead atoms. The van der Waals surface area contributed by atoms with Gasteiger partial charge in [-0.05, 0) is 32.2 Å². The summed E-state index contributed by atoms with van der Waals surface area (Å²) in [6.07, 6.45) is 5.19. The fraction of sp³-hybridized carbons (Fsp3) is 0.316. The molecule has 4 heterocycles. The Labute approximate surface area is 176 Å². The number of furan rings is 1. The highest BCUT2D eigenvalue weighted by Crippen LogP contribution is 2.24. The van der Waals surface area contributed by atoms with Crippen LogP contribution in [0.2, 0.25) is 0 Å². The van der Waals surface area contributed by atoms with Crippen LogP contribution >= 0.6 is 11.8 Å².